The van der Waals surface area contributed by atoms with E-state index in [0.717, 1.165) is 19.3 Å². The molecule has 4 N–H and O–H groups in total. The molecule has 0 aromatic heterocycles. The van der Waals surface area contributed by atoms with Crippen molar-refractivity contribution in [2.24, 2.45) is 34.5 Å². The minimum absolute atomic E-state index is 0.0224. The zero-order valence-corrected chi connectivity index (χ0v) is 24.5. The number of carbonyl (C=O) groups is 4. The predicted octanol–water partition coefficient (Wildman–Crippen LogP) is 2.30. The molecule has 2 aliphatic carbocycles. The maximum absolute atomic E-state index is 13.9. The average Bonchev–Trinajstić information content (AvgIpc) is 3.54. The zero-order valence-electron chi connectivity index (χ0n) is 24.5. The Morgan fingerprint density at radius 2 is 1.85 bits per heavy atom. The fourth-order valence-corrected chi connectivity index (χ4v) is 6.62. The van der Waals surface area contributed by atoms with Crippen LogP contribution in [-0.2, 0) is 14.4 Å². The Bertz CT molecular complexity index is 1050. The van der Waals surface area contributed by atoms with E-state index in [9.17, 15) is 24.4 Å². The highest BCUT2D eigenvalue weighted by Gasteiger charge is 2.70. The third-order valence-corrected chi connectivity index (χ3v) is 9.40. The van der Waals surface area contributed by atoms with Crippen molar-refractivity contribution in [3.63, 3.8) is 0 Å². The Balaban J connectivity index is 1.45. The molecule has 0 unspecified atom stereocenters. The van der Waals surface area contributed by atoms with Crippen LogP contribution in [0.3, 0.4) is 0 Å². The summed E-state index contributed by atoms with van der Waals surface area (Å²) in [5, 5.41) is 21.4. The molecule has 2 heterocycles. The molecule has 5 amide bonds. The van der Waals surface area contributed by atoms with Gasteiger partial charge < -0.3 is 26.2 Å². The molecule has 4 rings (SSSR count). The molecule has 2 saturated heterocycles. The van der Waals surface area contributed by atoms with Gasteiger partial charge in [-0.3, -0.25) is 14.4 Å². The molecule has 4 fully saturated rings. The van der Waals surface area contributed by atoms with Gasteiger partial charge in [0.2, 0.25) is 17.7 Å². The average molecular weight is 543 g/mol. The summed E-state index contributed by atoms with van der Waals surface area (Å²) in [6, 6.07) is -0.601. The molecule has 4 aliphatic rings. The number of piperidine rings is 1. The lowest BCUT2D eigenvalue weighted by Gasteiger charge is -2.37. The van der Waals surface area contributed by atoms with E-state index in [2.05, 4.69) is 55.0 Å². The van der Waals surface area contributed by atoms with E-state index < -0.39 is 29.6 Å². The van der Waals surface area contributed by atoms with Gasteiger partial charge in [0.1, 0.15) is 18.1 Å². The molecule has 10 nitrogen and oxygen atoms in total. The molecule has 216 valence electrons. The first kappa shape index (κ1) is 29.2. The predicted molar refractivity (Wildman–Crippen MR) is 146 cm³/mol. The standard InChI is InChI=1S/C29H46N6O4/c1-16(2)8-11-31-26(39)33-22(27(3,4)5)25(38)35-15-19-20(28(19,6)7)21(35)24(37)32-18(14-30)12-17-13-29(9-10-29)34-23(17)36/h16-22H,8-13,15H2,1-7H3,(H,32,37)(H,34,36)(H2,31,33,39)/t17-,18+,19+,20+,21+,22-/m1/s1. The molecule has 0 aromatic carbocycles. The van der Waals surface area contributed by atoms with Gasteiger partial charge in [-0.2, -0.15) is 5.26 Å². The number of hydrogen-bond acceptors (Lipinski definition) is 5. The van der Waals surface area contributed by atoms with Crippen molar-refractivity contribution in [3.05, 3.63) is 0 Å². The Hall–Kier alpha value is -2.83. The molecular formula is C29H46N6O4. The highest BCUT2D eigenvalue weighted by Crippen LogP contribution is 2.65. The summed E-state index contributed by atoms with van der Waals surface area (Å²) in [6.45, 7) is 15.0. The molecule has 2 saturated carbocycles. The molecule has 6 atom stereocenters. The second-order valence-electron chi connectivity index (χ2n) is 14.4. The topological polar surface area (TPSA) is 143 Å². The number of urea groups is 1. The van der Waals surface area contributed by atoms with Gasteiger partial charge in [0.25, 0.3) is 0 Å². The monoisotopic (exact) mass is 542 g/mol. The lowest BCUT2D eigenvalue weighted by molar-refractivity contribution is -0.143. The van der Waals surface area contributed by atoms with E-state index in [1.54, 1.807) is 4.90 Å². The summed E-state index contributed by atoms with van der Waals surface area (Å²) >= 11 is 0. The largest absolute Gasteiger partial charge is 0.350 e. The number of hydrogen-bond donors (Lipinski definition) is 4. The number of fused-ring (bicyclic) bond motifs is 1. The maximum atomic E-state index is 13.9. The van der Waals surface area contributed by atoms with E-state index in [-0.39, 0.29) is 52.8 Å². The van der Waals surface area contributed by atoms with Crippen molar-refractivity contribution < 1.29 is 19.2 Å². The highest BCUT2D eigenvalue weighted by molar-refractivity contribution is 5.94. The number of likely N-dealkylation sites (tertiary alicyclic amines) is 1. The van der Waals surface area contributed by atoms with E-state index in [1.165, 1.54) is 0 Å². The Labute approximate surface area is 232 Å². The fraction of sp³-hybridized carbons (Fsp3) is 0.828. The summed E-state index contributed by atoms with van der Waals surface area (Å²) in [5.41, 5.74) is -0.773. The van der Waals surface area contributed by atoms with Gasteiger partial charge in [0, 0.05) is 24.5 Å². The summed E-state index contributed by atoms with van der Waals surface area (Å²) in [4.78, 5) is 54.4. The zero-order chi connectivity index (χ0) is 28.9. The molecule has 0 bridgehead atoms. The van der Waals surface area contributed by atoms with Gasteiger partial charge in [-0.1, -0.05) is 48.5 Å². The normalized spacial score (nSPS) is 29.2. The molecule has 2 aliphatic heterocycles. The number of nitriles is 1. The van der Waals surface area contributed by atoms with Crippen LogP contribution in [0.25, 0.3) is 0 Å². The van der Waals surface area contributed by atoms with Gasteiger partial charge >= 0.3 is 6.03 Å². The minimum Gasteiger partial charge on any atom is -0.350 e. The first-order valence-electron chi connectivity index (χ1n) is 14.5. The van der Waals surface area contributed by atoms with Crippen molar-refractivity contribution >= 4 is 23.8 Å². The van der Waals surface area contributed by atoms with Crippen molar-refractivity contribution in [2.45, 2.75) is 104 Å². The maximum Gasteiger partial charge on any atom is 0.315 e. The van der Waals surface area contributed by atoms with E-state index in [4.69, 9.17) is 0 Å². The van der Waals surface area contributed by atoms with Crippen molar-refractivity contribution in [3.8, 4) is 6.07 Å². The van der Waals surface area contributed by atoms with Crippen LogP contribution in [0.4, 0.5) is 4.79 Å². The Morgan fingerprint density at radius 3 is 2.38 bits per heavy atom. The van der Waals surface area contributed by atoms with Crippen molar-refractivity contribution in [1.82, 2.24) is 26.2 Å². The van der Waals surface area contributed by atoms with Gasteiger partial charge in [-0.05, 0) is 60.7 Å². The van der Waals surface area contributed by atoms with E-state index in [1.807, 2.05) is 20.8 Å². The summed E-state index contributed by atoms with van der Waals surface area (Å²) in [6.07, 6.45) is 3.72. The third kappa shape index (κ3) is 6.02. The lowest BCUT2D eigenvalue weighted by atomic mass is 9.85. The van der Waals surface area contributed by atoms with Crippen LogP contribution in [0, 0.1) is 45.8 Å². The van der Waals surface area contributed by atoms with Crippen LogP contribution in [0.2, 0.25) is 0 Å². The van der Waals surface area contributed by atoms with Gasteiger partial charge in [0.15, 0.2) is 0 Å². The van der Waals surface area contributed by atoms with Crippen LogP contribution in [-0.4, -0.2) is 65.4 Å². The molecule has 1 spiro atoms. The minimum atomic E-state index is -0.823. The van der Waals surface area contributed by atoms with Crippen molar-refractivity contribution in [2.75, 3.05) is 13.1 Å². The van der Waals surface area contributed by atoms with E-state index in [0.29, 0.717) is 25.4 Å². The smallest absolute Gasteiger partial charge is 0.315 e. The number of amides is 5. The summed E-state index contributed by atoms with van der Waals surface area (Å²) in [7, 11) is 0. The number of nitrogens with zero attached hydrogens (tertiary/aromatic N) is 2. The first-order valence-corrected chi connectivity index (χ1v) is 14.5. The molecular weight excluding hydrogens is 496 g/mol. The van der Waals surface area contributed by atoms with Crippen LogP contribution in [0.5, 0.6) is 0 Å². The molecule has 39 heavy (non-hydrogen) atoms. The van der Waals surface area contributed by atoms with Crippen LogP contribution in [0.1, 0.15) is 80.6 Å². The number of nitrogens with one attached hydrogen (secondary N) is 4. The van der Waals surface area contributed by atoms with Crippen LogP contribution in [0.15, 0.2) is 0 Å². The second kappa shape index (κ2) is 10.3. The second-order valence-corrected chi connectivity index (χ2v) is 14.4. The SMILES string of the molecule is CC(C)CCNC(=O)N[C@H](C(=O)N1C[C@H]2[C@@H]([C@H]1C(=O)N[C@H](C#N)C[C@@H]1CC3(CC3)NC1=O)C2(C)C)C(C)(C)C. The molecule has 10 heteroatoms. The van der Waals surface area contributed by atoms with Crippen LogP contribution >= 0.6 is 0 Å². The third-order valence-electron chi connectivity index (χ3n) is 9.40. The van der Waals surface area contributed by atoms with E-state index >= 15 is 0 Å². The highest BCUT2D eigenvalue weighted by atomic mass is 16.2. The Kier molecular flexibility index (Phi) is 7.69. The lowest BCUT2D eigenvalue weighted by Crippen LogP contribution is -2.60. The quantitative estimate of drug-likeness (QED) is 0.354. The van der Waals surface area contributed by atoms with Crippen LogP contribution < -0.4 is 21.3 Å². The fourth-order valence-electron chi connectivity index (χ4n) is 6.62. The summed E-state index contributed by atoms with van der Waals surface area (Å²) < 4.78 is 0. The van der Waals surface area contributed by atoms with Gasteiger partial charge in [-0.25, -0.2) is 4.79 Å². The number of rotatable bonds is 9. The Morgan fingerprint density at radius 1 is 1.18 bits per heavy atom. The first-order chi connectivity index (χ1) is 18.1. The van der Waals surface area contributed by atoms with Gasteiger partial charge in [0.05, 0.1) is 6.07 Å². The number of carbonyl (C=O) groups excluding carboxylic acids is 4. The molecule has 0 radical (unpaired) electrons. The van der Waals surface area contributed by atoms with Crippen molar-refractivity contribution in [1.29, 1.82) is 5.26 Å². The summed E-state index contributed by atoms with van der Waals surface area (Å²) in [5.74, 6) is -0.397. The van der Waals surface area contributed by atoms with Gasteiger partial charge in [-0.15, -0.1) is 0 Å². The molecule has 0 aromatic rings.